The maximum Gasteiger partial charge on any atom is 0.432 e. The molecule has 0 spiro atoms. The molecule has 6 heteroatoms. The van der Waals surface area contributed by atoms with E-state index in [1.807, 2.05) is 0 Å². The van der Waals surface area contributed by atoms with Crippen LogP contribution in [0.3, 0.4) is 0 Å². The minimum absolute atomic E-state index is 0.00194. The fourth-order valence-corrected chi connectivity index (χ4v) is 5.38. The van der Waals surface area contributed by atoms with Crippen molar-refractivity contribution in [2.24, 2.45) is 0 Å². The molecule has 24 heavy (non-hydrogen) atoms. The lowest BCUT2D eigenvalue weighted by Crippen LogP contribution is -2.54. The molecule has 4 rings (SSSR count). The van der Waals surface area contributed by atoms with Gasteiger partial charge in [-0.2, -0.15) is 0 Å². The fraction of sp³-hybridized carbons (Fsp3) is 1.00. The van der Waals surface area contributed by atoms with Crippen molar-refractivity contribution in [3.8, 4) is 0 Å². The molecule has 4 fully saturated rings. The SMILES string of the molecule is C1CCC(B2OB(C3CCCCC3)OB(C3CCCCC3)O2)CC1. The van der Waals surface area contributed by atoms with Crippen molar-refractivity contribution in [2.75, 3.05) is 0 Å². The maximum atomic E-state index is 6.44. The second-order valence-electron chi connectivity index (χ2n) is 8.71. The zero-order chi connectivity index (χ0) is 16.2. The molecule has 132 valence electrons. The Labute approximate surface area is 149 Å². The Morgan fingerprint density at radius 3 is 0.875 bits per heavy atom. The Morgan fingerprint density at radius 2 is 0.625 bits per heavy atom. The lowest BCUT2D eigenvalue weighted by atomic mass is 9.51. The van der Waals surface area contributed by atoms with Gasteiger partial charge in [0.25, 0.3) is 0 Å². The Balaban J connectivity index is 1.44. The van der Waals surface area contributed by atoms with Crippen LogP contribution in [-0.2, 0) is 13.7 Å². The molecular weight excluding hydrogens is 297 g/mol. The molecule has 1 aliphatic heterocycles. The second kappa shape index (κ2) is 8.64. The van der Waals surface area contributed by atoms with E-state index in [4.69, 9.17) is 13.7 Å². The first-order valence-electron chi connectivity index (χ1n) is 10.9. The number of rotatable bonds is 3. The smallest absolute Gasteiger partial charge is 0.432 e. The Bertz CT molecular complexity index is 317. The van der Waals surface area contributed by atoms with Gasteiger partial charge < -0.3 is 13.7 Å². The molecule has 0 aromatic rings. The molecule has 1 saturated heterocycles. The minimum Gasteiger partial charge on any atom is -0.452 e. The fourth-order valence-electron chi connectivity index (χ4n) is 5.38. The third kappa shape index (κ3) is 4.24. The molecule has 0 aromatic heterocycles. The van der Waals surface area contributed by atoms with Crippen LogP contribution < -0.4 is 0 Å². The summed E-state index contributed by atoms with van der Waals surface area (Å²) in [5.41, 5.74) is 0. The van der Waals surface area contributed by atoms with Crippen LogP contribution in [0.2, 0.25) is 17.5 Å². The highest BCUT2D eigenvalue weighted by Crippen LogP contribution is 2.42. The molecular formula is C18H33B3O3. The van der Waals surface area contributed by atoms with Crippen molar-refractivity contribution in [2.45, 2.75) is 114 Å². The summed E-state index contributed by atoms with van der Waals surface area (Å²) in [6.45, 7) is 0. The summed E-state index contributed by atoms with van der Waals surface area (Å²) in [6, 6.07) is 0. The quantitative estimate of drug-likeness (QED) is 0.638. The molecule has 0 aromatic carbocycles. The molecule has 0 atom stereocenters. The Hall–Kier alpha value is 0.0748. The van der Waals surface area contributed by atoms with Crippen LogP contribution in [0.25, 0.3) is 0 Å². The highest BCUT2D eigenvalue weighted by molar-refractivity contribution is 6.75. The first-order chi connectivity index (χ1) is 11.9. The first-order valence-corrected chi connectivity index (χ1v) is 10.9. The second-order valence-corrected chi connectivity index (χ2v) is 8.71. The van der Waals surface area contributed by atoms with Gasteiger partial charge in [-0.3, -0.25) is 0 Å². The summed E-state index contributed by atoms with van der Waals surface area (Å²) in [4.78, 5) is 0. The summed E-state index contributed by atoms with van der Waals surface area (Å²) in [5.74, 6) is 1.79. The van der Waals surface area contributed by atoms with Crippen molar-refractivity contribution < 1.29 is 13.7 Å². The van der Waals surface area contributed by atoms with Crippen LogP contribution in [-0.4, -0.2) is 21.4 Å². The molecule has 1 heterocycles. The van der Waals surface area contributed by atoms with E-state index in [0.717, 1.165) is 0 Å². The molecule has 3 aliphatic carbocycles. The average Bonchev–Trinajstić information content (AvgIpc) is 2.70. The van der Waals surface area contributed by atoms with Crippen LogP contribution in [0.5, 0.6) is 0 Å². The van der Waals surface area contributed by atoms with E-state index in [9.17, 15) is 0 Å². The van der Waals surface area contributed by atoms with E-state index in [0.29, 0.717) is 17.5 Å². The summed E-state index contributed by atoms with van der Waals surface area (Å²) >= 11 is 0. The highest BCUT2D eigenvalue weighted by atomic mass is 16.7. The lowest BCUT2D eigenvalue weighted by Gasteiger charge is -2.41. The van der Waals surface area contributed by atoms with E-state index in [-0.39, 0.29) is 21.4 Å². The van der Waals surface area contributed by atoms with Gasteiger partial charge in [0, 0.05) is 0 Å². The van der Waals surface area contributed by atoms with Gasteiger partial charge in [0.15, 0.2) is 0 Å². The van der Waals surface area contributed by atoms with E-state index in [1.165, 1.54) is 96.3 Å². The topological polar surface area (TPSA) is 27.7 Å². The van der Waals surface area contributed by atoms with E-state index in [1.54, 1.807) is 0 Å². The molecule has 0 unspecified atom stereocenters. The van der Waals surface area contributed by atoms with Crippen LogP contribution in [0, 0.1) is 0 Å². The third-order valence-electron chi connectivity index (χ3n) is 6.91. The van der Waals surface area contributed by atoms with Crippen molar-refractivity contribution >= 4 is 21.4 Å². The van der Waals surface area contributed by atoms with Gasteiger partial charge in [0.2, 0.25) is 0 Å². The standard InChI is InChI=1S/C18H33B3O3/c1-4-10-16(11-5-1)19-22-20(17-12-6-2-7-13-17)24-21(23-19)18-14-8-3-9-15-18/h16-18H,1-15H2. The number of hydrogen-bond acceptors (Lipinski definition) is 3. The lowest BCUT2D eigenvalue weighted by molar-refractivity contribution is 0.231. The Kier molecular flexibility index (Phi) is 6.30. The van der Waals surface area contributed by atoms with Gasteiger partial charge >= 0.3 is 21.4 Å². The van der Waals surface area contributed by atoms with Crippen molar-refractivity contribution in [3.63, 3.8) is 0 Å². The van der Waals surface area contributed by atoms with E-state index in [2.05, 4.69) is 0 Å². The zero-order valence-electron chi connectivity index (χ0n) is 15.3. The maximum absolute atomic E-state index is 6.44. The van der Waals surface area contributed by atoms with Crippen molar-refractivity contribution in [3.05, 3.63) is 0 Å². The average molecular weight is 330 g/mol. The predicted molar refractivity (Wildman–Crippen MR) is 101 cm³/mol. The van der Waals surface area contributed by atoms with Crippen LogP contribution >= 0.6 is 0 Å². The van der Waals surface area contributed by atoms with Crippen LogP contribution in [0.15, 0.2) is 0 Å². The largest absolute Gasteiger partial charge is 0.452 e. The molecule has 0 radical (unpaired) electrons. The van der Waals surface area contributed by atoms with Gasteiger partial charge in [-0.15, -0.1) is 0 Å². The molecule has 0 N–H and O–H groups in total. The summed E-state index contributed by atoms with van der Waals surface area (Å²) < 4.78 is 19.3. The van der Waals surface area contributed by atoms with Gasteiger partial charge in [-0.05, 0) is 17.5 Å². The molecule has 3 saturated carbocycles. The molecule has 0 bridgehead atoms. The van der Waals surface area contributed by atoms with Gasteiger partial charge in [0.05, 0.1) is 0 Å². The molecule has 4 aliphatic rings. The van der Waals surface area contributed by atoms with Crippen molar-refractivity contribution in [1.29, 1.82) is 0 Å². The van der Waals surface area contributed by atoms with Crippen LogP contribution in [0.4, 0.5) is 0 Å². The predicted octanol–water partition coefficient (Wildman–Crippen LogP) is 5.52. The summed E-state index contributed by atoms with van der Waals surface area (Å²) in [5, 5.41) is 0. The monoisotopic (exact) mass is 330 g/mol. The van der Waals surface area contributed by atoms with E-state index >= 15 is 0 Å². The normalized spacial score (nSPS) is 29.2. The van der Waals surface area contributed by atoms with Gasteiger partial charge in [-0.25, -0.2) is 0 Å². The van der Waals surface area contributed by atoms with Gasteiger partial charge in [0.1, 0.15) is 0 Å². The molecule has 0 amide bonds. The van der Waals surface area contributed by atoms with Crippen LogP contribution in [0.1, 0.15) is 96.3 Å². The summed E-state index contributed by atoms with van der Waals surface area (Å²) in [7, 11) is -0.00582. The van der Waals surface area contributed by atoms with Crippen molar-refractivity contribution in [1.82, 2.24) is 0 Å². The highest BCUT2D eigenvalue weighted by Gasteiger charge is 2.49. The third-order valence-corrected chi connectivity index (χ3v) is 6.91. The summed E-state index contributed by atoms with van der Waals surface area (Å²) in [6.07, 6.45) is 19.9. The van der Waals surface area contributed by atoms with Gasteiger partial charge in [-0.1, -0.05) is 96.3 Å². The molecule has 3 nitrogen and oxygen atoms in total. The zero-order valence-corrected chi connectivity index (χ0v) is 15.3. The van der Waals surface area contributed by atoms with E-state index < -0.39 is 0 Å². The number of hydrogen-bond donors (Lipinski definition) is 0. The Morgan fingerprint density at radius 1 is 0.375 bits per heavy atom. The first kappa shape index (κ1) is 17.5. The minimum atomic E-state index is -0.00194.